The molecule has 0 saturated carbocycles. The number of benzene rings is 1. The van der Waals surface area contributed by atoms with E-state index in [1.54, 1.807) is 31.9 Å². The van der Waals surface area contributed by atoms with Crippen LogP contribution in [-0.2, 0) is 4.79 Å². The lowest BCUT2D eigenvalue weighted by Crippen LogP contribution is -2.37. The van der Waals surface area contributed by atoms with E-state index in [-0.39, 0.29) is 18.3 Å². The van der Waals surface area contributed by atoms with E-state index in [9.17, 15) is 14.3 Å². The van der Waals surface area contributed by atoms with Gasteiger partial charge in [-0.3, -0.25) is 4.79 Å². The molecule has 0 aliphatic heterocycles. The molecule has 1 aromatic carbocycles. The second kappa shape index (κ2) is 7.41. The molecule has 21 heavy (non-hydrogen) atoms. The van der Waals surface area contributed by atoms with Gasteiger partial charge < -0.3 is 15.3 Å². The van der Waals surface area contributed by atoms with Gasteiger partial charge in [-0.1, -0.05) is 13.8 Å². The van der Waals surface area contributed by atoms with Crippen molar-refractivity contribution in [2.24, 2.45) is 5.92 Å². The van der Waals surface area contributed by atoms with E-state index in [4.69, 9.17) is 0 Å². The van der Waals surface area contributed by atoms with Gasteiger partial charge in [0, 0.05) is 24.8 Å². The quantitative estimate of drug-likeness (QED) is 0.847. The summed E-state index contributed by atoms with van der Waals surface area (Å²) >= 11 is 0. The van der Waals surface area contributed by atoms with Gasteiger partial charge in [0.2, 0.25) is 5.91 Å². The number of anilines is 1. The second-order valence-corrected chi connectivity index (χ2v) is 5.89. The molecule has 0 bridgehead atoms. The van der Waals surface area contributed by atoms with Crippen molar-refractivity contribution in [3.63, 3.8) is 0 Å². The number of rotatable bonds is 6. The van der Waals surface area contributed by atoms with Crippen molar-refractivity contribution in [2.75, 3.05) is 25.0 Å². The summed E-state index contributed by atoms with van der Waals surface area (Å²) in [4.78, 5) is 13.6. The Kier molecular flexibility index (Phi) is 6.15. The van der Waals surface area contributed by atoms with Crippen molar-refractivity contribution in [2.45, 2.75) is 33.8 Å². The molecule has 0 spiro atoms. The van der Waals surface area contributed by atoms with E-state index in [2.05, 4.69) is 5.32 Å². The molecule has 0 unspecified atom stereocenters. The summed E-state index contributed by atoms with van der Waals surface area (Å²) in [5, 5.41) is 12.6. The van der Waals surface area contributed by atoms with Crippen molar-refractivity contribution < 1.29 is 14.3 Å². The Bertz CT molecular complexity index is 501. The highest BCUT2D eigenvalue weighted by atomic mass is 19.1. The van der Waals surface area contributed by atoms with Gasteiger partial charge in [0.15, 0.2) is 0 Å². The summed E-state index contributed by atoms with van der Waals surface area (Å²) in [5.41, 5.74) is 1.64. The van der Waals surface area contributed by atoms with Gasteiger partial charge in [-0.15, -0.1) is 0 Å². The van der Waals surface area contributed by atoms with Gasteiger partial charge in [0.1, 0.15) is 5.82 Å². The maximum Gasteiger partial charge on any atom is 0.239 e. The number of aryl methyl sites for hydroxylation is 1. The first-order valence-electron chi connectivity index (χ1n) is 7.18. The van der Waals surface area contributed by atoms with Gasteiger partial charge in [-0.05, 0) is 37.5 Å². The number of nitrogens with zero attached hydrogens (tertiary/aromatic N) is 1. The monoisotopic (exact) mass is 296 g/mol. The van der Waals surface area contributed by atoms with Crippen LogP contribution in [-0.4, -0.2) is 31.2 Å². The van der Waals surface area contributed by atoms with Crippen LogP contribution in [0.25, 0.3) is 0 Å². The van der Waals surface area contributed by atoms with Gasteiger partial charge in [0.05, 0.1) is 12.6 Å². The fraction of sp³-hybridized carbons (Fsp3) is 0.562. The molecule has 1 rings (SSSR count). The first kappa shape index (κ1) is 17.4. The van der Waals surface area contributed by atoms with Crippen molar-refractivity contribution in [1.29, 1.82) is 0 Å². The molecule has 1 amide bonds. The third kappa shape index (κ3) is 5.01. The standard InChI is InChI=1S/C16H25FN2O2/c1-10(2)8-18-16(21)9-19(5)15-6-11(3)14(17)7-13(15)12(4)20/h6-7,10,12,20H,8-9H2,1-5H3,(H,18,21)/t12-/m0/s1. The van der Waals surface area contributed by atoms with Crippen LogP contribution in [0.5, 0.6) is 0 Å². The number of aliphatic hydroxyl groups excluding tert-OH is 1. The lowest BCUT2D eigenvalue weighted by atomic mass is 10.0. The largest absolute Gasteiger partial charge is 0.389 e. The average molecular weight is 296 g/mol. The number of amides is 1. The summed E-state index contributed by atoms with van der Waals surface area (Å²) < 4.78 is 13.6. The van der Waals surface area contributed by atoms with E-state index in [0.29, 0.717) is 29.3 Å². The number of hydrogen-bond acceptors (Lipinski definition) is 3. The summed E-state index contributed by atoms with van der Waals surface area (Å²) in [7, 11) is 1.76. The van der Waals surface area contributed by atoms with Crippen LogP contribution in [0, 0.1) is 18.7 Å². The fourth-order valence-electron chi connectivity index (χ4n) is 2.02. The molecule has 2 N–H and O–H groups in total. The minimum Gasteiger partial charge on any atom is -0.389 e. The molecule has 1 atom stereocenters. The highest BCUT2D eigenvalue weighted by Gasteiger charge is 2.16. The lowest BCUT2D eigenvalue weighted by molar-refractivity contribution is -0.119. The second-order valence-electron chi connectivity index (χ2n) is 5.89. The molecule has 0 saturated heterocycles. The number of aliphatic hydroxyl groups is 1. The zero-order valence-electron chi connectivity index (χ0n) is 13.4. The highest BCUT2D eigenvalue weighted by molar-refractivity contribution is 5.81. The van der Waals surface area contributed by atoms with Crippen molar-refractivity contribution in [1.82, 2.24) is 5.32 Å². The zero-order chi connectivity index (χ0) is 16.2. The average Bonchev–Trinajstić information content (AvgIpc) is 2.38. The Balaban J connectivity index is 2.88. The predicted octanol–water partition coefficient (Wildman–Crippen LogP) is 2.40. The van der Waals surface area contributed by atoms with Crippen LogP contribution in [0.2, 0.25) is 0 Å². The summed E-state index contributed by atoms with van der Waals surface area (Å²) in [6, 6.07) is 2.99. The van der Waals surface area contributed by atoms with Gasteiger partial charge in [-0.2, -0.15) is 0 Å². The molecule has 4 nitrogen and oxygen atoms in total. The van der Waals surface area contributed by atoms with Crippen molar-refractivity contribution in [3.8, 4) is 0 Å². The van der Waals surface area contributed by atoms with Crippen LogP contribution in [0.4, 0.5) is 10.1 Å². The van der Waals surface area contributed by atoms with Crippen molar-refractivity contribution in [3.05, 3.63) is 29.1 Å². The van der Waals surface area contributed by atoms with Gasteiger partial charge in [0.25, 0.3) is 0 Å². The van der Waals surface area contributed by atoms with Gasteiger partial charge >= 0.3 is 0 Å². The molecule has 0 fully saturated rings. The third-order valence-corrected chi connectivity index (χ3v) is 3.26. The molecule has 1 aromatic rings. The van der Waals surface area contributed by atoms with Crippen molar-refractivity contribution >= 4 is 11.6 Å². The molecule has 0 heterocycles. The van der Waals surface area contributed by atoms with E-state index in [1.165, 1.54) is 6.07 Å². The van der Waals surface area contributed by atoms with E-state index >= 15 is 0 Å². The molecule has 0 aliphatic carbocycles. The van der Waals surface area contributed by atoms with Crippen LogP contribution in [0.1, 0.15) is 38.0 Å². The Morgan fingerprint density at radius 2 is 2.00 bits per heavy atom. The topological polar surface area (TPSA) is 52.6 Å². The summed E-state index contributed by atoms with van der Waals surface area (Å²) in [6.45, 7) is 8.09. The summed E-state index contributed by atoms with van der Waals surface area (Å²) in [5.74, 6) is -0.0580. The molecule has 5 heteroatoms. The van der Waals surface area contributed by atoms with Crippen LogP contribution in [0.3, 0.4) is 0 Å². The van der Waals surface area contributed by atoms with E-state index in [0.717, 1.165) is 0 Å². The minimum atomic E-state index is -0.795. The van der Waals surface area contributed by atoms with E-state index < -0.39 is 6.10 Å². The number of carbonyl (C=O) groups excluding carboxylic acids is 1. The number of likely N-dealkylation sites (N-methyl/N-ethyl adjacent to an activating group) is 1. The number of halogens is 1. The lowest BCUT2D eigenvalue weighted by Gasteiger charge is -2.24. The smallest absolute Gasteiger partial charge is 0.239 e. The Hall–Kier alpha value is -1.62. The highest BCUT2D eigenvalue weighted by Crippen LogP contribution is 2.28. The Labute approximate surface area is 126 Å². The first-order chi connectivity index (χ1) is 9.72. The number of nitrogens with one attached hydrogen (secondary N) is 1. The van der Waals surface area contributed by atoms with Gasteiger partial charge in [-0.25, -0.2) is 4.39 Å². The zero-order valence-corrected chi connectivity index (χ0v) is 13.4. The van der Waals surface area contributed by atoms with E-state index in [1.807, 2.05) is 13.8 Å². The Morgan fingerprint density at radius 3 is 2.52 bits per heavy atom. The third-order valence-electron chi connectivity index (χ3n) is 3.26. The molecular weight excluding hydrogens is 271 g/mol. The molecule has 0 aromatic heterocycles. The number of hydrogen-bond donors (Lipinski definition) is 2. The van der Waals surface area contributed by atoms with Crippen LogP contribution in [0.15, 0.2) is 12.1 Å². The minimum absolute atomic E-state index is 0.0929. The molecule has 0 radical (unpaired) electrons. The maximum absolute atomic E-state index is 13.6. The maximum atomic E-state index is 13.6. The first-order valence-corrected chi connectivity index (χ1v) is 7.18. The van der Waals surface area contributed by atoms with Crippen LogP contribution < -0.4 is 10.2 Å². The Morgan fingerprint density at radius 1 is 1.38 bits per heavy atom. The number of carbonyl (C=O) groups is 1. The molecule has 0 aliphatic rings. The van der Waals surface area contributed by atoms with Crippen LogP contribution >= 0.6 is 0 Å². The predicted molar refractivity (Wildman–Crippen MR) is 82.9 cm³/mol. The summed E-state index contributed by atoms with van der Waals surface area (Å²) in [6.07, 6.45) is -0.795. The normalized spacial score (nSPS) is 12.4. The molecule has 118 valence electrons. The molecular formula is C16H25FN2O2. The SMILES string of the molecule is Cc1cc(N(C)CC(=O)NCC(C)C)c([C@H](C)O)cc1F. The fourth-order valence-corrected chi connectivity index (χ4v) is 2.02.